The summed E-state index contributed by atoms with van der Waals surface area (Å²) in [6.07, 6.45) is 0.0199. The number of likely N-dealkylation sites (N-methyl/N-ethyl adjacent to an activating group) is 1. The number of benzene rings is 1. The second-order valence-electron chi connectivity index (χ2n) is 10.5. The molecular formula is C25H37F2N5O4. The molecule has 5 atom stereocenters. The zero-order valence-corrected chi connectivity index (χ0v) is 21.7. The summed E-state index contributed by atoms with van der Waals surface area (Å²) in [5.41, 5.74) is -0.125. The third-order valence-electron chi connectivity index (χ3n) is 7.01. The summed E-state index contributed by atoms with van der Waals surface area (Å²) >= 11 is 0. The maximum atomic E-state index is 13.9. The van der Waals surface area contributed by atoms with Gasteiger partial charge < -0.3 is 30.5 Å². The first-order valence-electron chi connectivity index (χ1n) is 12.2. The zero-order chi connectivity index (χ0) is 26.8. The molecule has 0 aromatic heterocycles. The van der Waals surface area contributed by atoms with Crippen molar-refractivity contribution in [3.63, 3.8) is 0 Å². The minimum atomic E-state index is -0.968. The number of fused-ring (bicyclic) bond motifs is 1. The number of halogens is 2. The molecule has 1 aromatic carbocycles. The summed E-state index contributed by atoms with van der Waals surface area (Å²) in [5, 5.41) is 8.41. The SMILES string of the molecule is CNC(=O)N1C[C@H](OCc2ccc(F)c(F)c2)[C@@H]2[C@H]1CCN2C(=O)[C@@H](NC(=O)[C@H](C)NC)C(C)(C)C. The van der Waals surface area contributed by atoms with Crippen LogP contribution in [-0.4, -0.2) is 85.1 Å². The number of amides is 4. The van der Waals surface area contributed by atoms with Crippen LogP contribution in [0.5, 0.6) is 0 Å². The van der Waals surface area contributed by atoms with E-state index in [1.807, 2.05) is 20.8 Å². The van der Waals surface area contributed by atoms with Crippen molar-refractivity contribution in [3.8, 4) is 0 Å². The van der Waals surface area contributed by atoms with Crippen LogP contribution in [0.4, 0.5) is 13.6 Å². The summed E-state index contributed by atoms with van der Waals surface area (Å²) < 4.78 is 33.1. The van der Waals surface area contributed by atoms with Crippen molar-refractivity contribution >= 4 is 17.8 Å². The number of rotatable bonds is 7. The van der Waals surface area contributed by atoms with Gasteiger partial charge in [0.25, 0.3) is 0 Å². The molecule has 200 valence electrons. The van der Waals surface area contributed by atoms with Crippen LogP contribution < -0.4 is 16.0 Å². The Bertz CT molecular complexity index is 986. The molecule has 2 aliphatic heterocycles. The van der Waals surface area contributed by atoms with Crippen molar-refractivity contribution in [3.05, 3.63) is 35.4 Å². The Morgan fingerprint density at radius 3 is 2.42 bits per heavy atom. The summed E-state index contributed by atoms with van der Waals surface area (Å²) in [7, 11) is 3.21. The highest BCUT2D eigenvalue weighted by Gasteiger charge is 2.54. The molecule has 2 saturated heterocycles. The summed E-state index contributed by atoms with van der Waals surface area (Å²) in [4.78, 5) is 42.4. The van der Waals surface area contributed by atoms with Crippen LogP contribution in [-0.2, 0) is 20.9 Å². The fourth-order valence-electron chi connectivity index (χ4n) is 4.86. The summed E-state index contributed by atoms with van der Waals surface area (Å²) in [6.45, 7) is 8.00. The number of carbonyl (C=O) groups excluding carboxylic acids is 3. The van der Waals surface area contributed by atoms with E-state index < -0.39 is 41.3 Å². The monoisotopic (exact) mass is 509 g/mol. The summed E-state index contributed by atoms with van der Waals surface area (Å²) in [5.74, 6) is -2.44. The van der Waals surface area contributed by atoms with Crippen LogP contribution >= 0.6 is 0 Å². The maximum absolute atomic E-state index is 13.9. The molecule has 2 heterocycles. The van der Waals surface area contributed by atoms with Gasteiger partial charge in [-0.25, -0.2) is 13.6 Å². The van der Waals surface area contributed by atoms with Gasteiger partial charge in [0.05, 0.1) is 37.4 Å². The highest BCUT2D eigenvalue weighted by atomic mass is 19.2. The van der Waals surface area contributed by atoms with Gasteiger partial charge >= 0.3 is 6.03 Å². The molecule has 3 N–H and O–H groups in total. The Hall–Kier alpha value is -2.79. The van der Waals surface area contributed by atoms with Gasteiger partial charge in [-0.2, -0.15) is 0 Å². The molecule has 4 amide bonds. The standard InChI is InChI=1S/C25H37F2N5O4/c1-14(28-5)22(33)30-21(25(2,3)4)23(34)31-10-9-18-20(31)19(12-32(18)24(35)29-6)36-13-15-7-8-16(26)17(27)11-15/h7-8,11,14,18-21,28H,9-10,12-13H2,1-6H3,(H,29,35)(H,30,33)/t14-,18+,19-,20-,21+/m0/s1. The smallest absolute Gasteiger partial charge is 0.317 e. The van der Waals surface area contributed by atoms with Gasteiger partial charge in [0.2, 0.25) is 11.8 Å². The molecule has 0 unspecified atom stereocenters. The number of nitrogens with one attached hydrogen (secondary N) is 3. The van der Waals surface area contributed by atoms with Gasteiger partial charge in [0.15, 0.2) is 11.6 Å². The lowest BCUT2D eigenvalue weighted by Crippen LogP contribution is -2.59. The lowest BCUT2D eigenvalue weighted by atomic mass is 9.85. The van der Waals surface area contributed by atoms with E-state index in [1.54, 1.807) is 30.8 Å². The predicted octanol–water partition coefficient (Wildman–Crippen LogP) is 1.61. The molecule has 0 bridgehead atoms. The summed E-state index contributed by atoms with van der Waals surface area (Å²) in [6, 6.07) is 1.30. The van der Waals surface area contributed by atoms with Crippen molar-refractivity contribution in [2.45, 2.75) is 71.0 Å². The van der Waals surface area contributed by atoms with E-state index in [0.717, 1.165) is 12.1 Å². The largest absolute Gasteiger partial charge is 0.369 e. The minimum Gasteiger partial charge on any atom is -0.369 e. The van der Waals surface area contributed by atoms with Crippen LogP contribution in [0.3, 0.4) is 0 Å². The van der Waals surface area contributed by atoms with Crippen molar-refractivity contribution in [1.29, 1.82) is 0 Å². The van der Waals surface area contributed by atoms with Crippen molar-refractivity contribution in [2.75, 3.05) is 27.2 Å². The number of urea groups is 1. The number of ether oxygens (including phenoxy) is 1. The third-order valence-corrected chi connectivity index (χ3v) is 7.01. The van der Waals surface area contributed by atoms with E-state index in [1.165, 1.54) is 6.07 Å². The molecule has 0 saturated carbocycles. The van der Waals surface area contributed by atoms with Gasteiger partial charge in [-0.15, -0.1) is 0 Å². The predicted molar refractivity (Wildman–Crippen MR) is 130 cm³/mol. The first kappa shape index (κ1) is 27.8. The van der Waals surface area contributed by atoms with Gasteiger partial charge in [-0.1, -0.05) is 26.8 Å². The fourth-order valence-corrected chi connectivity index (χ4v) is 4.86. The van der Waals surface area contributed by atoms with Gasteiger partial charge in [-0.05, 0) is 43.5 Å². The van der Waals surface area contributed by atoms with E-state index in [0.29, 0.717) is 18.5 Å². The molecule has 3 rings (SSSR count). The van der Waals surface area contributed by atoms with Crippen LogP contribution in [0.1, 0.15) is 39.7 Å². The first-order valence-corrected chi connectivity index (χ1v) is 12.2. The van der Waals surface area contributed by atoms with Crippen molar-refractivity contribution in [2.24, 2.45) is 5.41 Å². The molecular weight excluding hydrogens is 472 g/mol. The van der Waals surface area contributed by atoms with Crippen molar-refractivity contribution in [1.82, 2.24) is 25.8 Å². The second-order valence-corrected chi connectivity index (χ2v) is 10.5. The van der Waals surface area contributed by atoms with E-state index in [9.17, 15) is 23.2 Å². The Morgan fingerprint density at radius 1 is 1.14 bits per heavy atom. The molecule has 11 heteroatoms. The van der Waals surface area contributed by atoms with E-state index in [-0.39, 0.29) is 37.0 Å². The fraction of sp³-hybridized carbons (Fsp3) is 0.640. The molecule has 9 nitrogen and oxygen atoms in total. The molecule has 36 heavy (non-hydrogen) atoms. The molecule has 1 aromatic rings. The minimum absolute atomic E-state index is 0.00613. The van der Waals surface area contributed by atoms with Gasteiger partial charge in [0, 0.05) is 13.6 Å². The Morgan fingerprint density at radius 2 is 1.83 bits per heavy atom. The highest BCUT2D eigenvalue weighted by Crippen LogP contribution is 2.36. The van der Waals surface area contributed by atoms with Gasteiger partial charge in [0.1, 0.15) is 6.04 Å². The number of likely N-dealkylation sites (tertiary alicyclic amines) is 2. The zero-order valence-electron chi connectivity index (χ0n) is 21.7. The van der Waals surface area contributed by atoms with E-state index in [4.69, 9.17) is 4.74 Å². The molecule has 2 fully saturated rings. The average molecular weight is 510 g/mol. The quantitative estimate of drug-likeness (QED) is 0.518. The van der Waals surface area contributed by atoms with Crippen molar-refractivity contribution < 1.29 is 27.9 Å². The highest BCUT2D eigenvalue weighted by molar-refractivity contribution is 5.90. The average Bonchev–Trinajstić information content (AvgIpc) is 3.42. The lowest BCUT2D eigenvalue weighted by molar-refractivity contribution is -0.142. The molecule has 0 spiro atoms. The van der Waals surface area contributed by atoms with Gasteiger partial charge in [-0.3, -0.25) is 9.59 Å². The normalized spacial score (nSPS) is 23.3. The maximum Gasteiger partial charge on any atom is 0.317 e. The van der Waals surface area contributed by atoms with Crippen LogP contribution in [0, 0.1) is 17.0 Å². The molecule has 2 aliphatic rings. The van der Waals surface area contributed by atoms with E-state index >= 15 is 0 Å². The third kappa shape index (κ3) is 5.78. The Labute approximate surface area is 210 Å². The Kier molecular flexibility index (Phi) is 8.55. The molecule has 0 radical (unpaired) electrons. The van der Waals surface area contributed by atoms with E-state index in [2.05, 4.69) is 16.0 Å². The molecule has 0 aliphatic carbocycles. The Balaban J connectivity index is 1.85. The van der Waals surface area contributed by atoms with Crippen LogP contribution in [0.15, 0.2) is 18.2 Å². The second kappa shape index (κ2) is 11.1. The van der Waals surface area contributed by atoms with Crippen LogP contribution in [0.2, 0.25) is 0 Å². The number of hydrogen-bond donors (Lipinski definition) is 3. The number of hydrogen-bond acceptors (Lipinski definition) is 5. The topological polar surface area (TPSA) is 103 Å². The number of nitrogens with zero attached hydrogens (tertiary/aromatic N) is 2. The number of carbonyl (C=O) groups is 3. The van der Waals surface area contributed by atoms with Crippen LogP contribution in [0.25, 0.3) is 0 Å². The lowest BCUT2D eigenvalue weighted by Gasteiger charge is -2.37. The first-order chi connectivity index (χ1) is 16.9.